The zero-order valence-corrected chi connectivity index (χ0v) is 15.8. The highest BCUT2D eigenvalue weighted by atomic mass is 32.2. The number of hydrogen-bond acceptors (Lipinski definition) is 6. The number of carbonyl (C=O) groups is 2. The summed E-state index contributed by atoms with van der Waals surface area (Å²) < 4.78 is 6.93. The van der Waals surface area contributed by atoms with E-state index in [1.165, 1.54) is 23.1 Å². The van der Waals surface area contributed by atoms with Crippen molar-refractivity contribution in [2.24, 2.45) is 0 Å². The van der Waals surface area contributed by atoms with Crippen LogP contribution in [0.1, 0.15) is 18.5 Å². The van der Waals surface area contributed by atoms with Crippen LogP contribution in [0, 0.1) is 0 Å². The van der Waals surface area contributed by atoms with Crippen LogP contribution in [0.5, 0.6) is 0 Å². The second-order valence-corrected chi connectivity index (χ2v) is 7.85. The number of nitrogens with zero attached hydrogens (tertiary/aromatic N) is 1. The van der Waals surface area contributed by atoms with Crippen LogP contribution in [0.2, 0.25) is 0 Å². The molecule has 3 rings (SSSR count). The lowest BCUT2D eigenvalue weighted by Gasteiger charge is -2.14. The van der Waals surface area contributed by atoms with Crippen molar-refractivity contribution < 1.29 is 14.3 Å². The van der Waals surface area contributed by atoms with Crippen LogP contribution < -0.4 is 5.32 Å². The number of para-hydroxylation sites is 1. The van der Waals surface area contributed by atoms with E-state index in [4.69, 9.17) is 4.74 Å². The summed E-state index contributed by atoms with van der Waals surface area (Å²) in [5.41, 5.74) is 1.92. The SMILES string of the molecule is CC(NC(=O)COC(=O)CSc1nc2ccccc2s1)c1ccccc1. The smallest absolute Gasteiger partial charge is 0.316 e. The molecule has 1 amide bonds. The molecule has 134 valence electrons. The molecule has 3 aromatic rings. The van der Waals surface area contributed by atoms with Crippen molar-refractivity contribution in [1.82, 2.24) is 10.3 Å². The van der Waals surface area contributed by atoms with E-state index in [1.54, 1.807) is 0 Å². The van der Waals surface area contributed by atoms with Gasteiger partial charge in [-0.1, -0.05) is 54.2 Å². The molecule has 1 heterocycles. The molecule has 2 aromatic carbocycles. The first-order valence-corrected chi connectivity index (χ1v) is 9.90. The fourth-order valence-corrected chi connectivity index (χ4v) is 4.20. The third kappa shape index (κ3) is 5.06. The molecule has 0 spiro atoms. The van der Waals surface area contributed by atoms with E-state index in [0.29, 0.717) is 0 Å². The highest BCUT2D eigenvalue weighted by molar-refractivity contribution is 8.01. The van der Waals surface area contributed by atoms with Gasteiger partial charge in [-0.05, 0) is 24.6 Å². The van der Waals surface area contributed by atoms with Crippen molar-refractivity contribution in [3.8, 4) is 0 Å². The Kier molecular flexibility index (Phi) is 6.25. The number of amides is 1. The number of thioether (sulfide) groups is 1. The summed E-state index contributed by atoms with van der Waals surface area (Å²) in [6, 6.07) is 17.3. The van der Waals surface area contributed by atoms with Gasteiger partial charge in [-0.15, -0.1) is 11.3 Å². The molecule has 0 aliphatic carbocycles. The number of fused-ring (bicyclic) bond motifs is 1. The predicted octanol–water partition coefficient (Wildman–Crippen LogP) is 3.81. The van der Waals surface area contributed by atoms with Gasteiger partial charge < -0.3 is 10.1 Å². The van der Waals surface area contributed by atoms with Crippen LogP contribution in [0.3, 0.4) is 0 Å². The fourth-order valence-electron chi connectivity index (χ4n) is 2.33. The van der Waals surface area contributed by atoms with Gasteiger partial charge in [-0.3, -0.25) is 9.59 Å². The minimum atomic E-state index is -0.434. The quantitative estimate of drug-likeness (QED) is 0.494. The van der Waals surface area contributed by atoms with E-state index in [2.05, 4.69) is 10.3 Å². The van der Waals surface area contributed by atoms with Crippen molar-refractivity contribution in [2.75, 3.05) is 12.4 Å². The lowest BCUT2D eigenvalue weighted by Crippen LogP contribution is -2.31. The lowest BCUT2D eigenvalue weighted by atomic mass is 10.1. The van der Waals surface area contributed by atoms with Gasteiger partial charge in [-0.25, -0.2) is 4.98 Å². The maximum Gasteiger partial charge on any atom is 0.316 e. The molecule has 1 N–H and O–H groups in total. The zero-order valence-electron chi connectivity index (χ0n) is 14.2. The van der Waals surface area contributed by atoms with Gasteiger partial charge in [0.15, 0.2) is 10.9 Å². The van der Waals surface area contributed by atoms with Crippen LogP contribution in [-0.2, 0) is 14.3 Å². The van der Waals surface area contributed by atoms with Crippen LogP contribution in [0.4, 0.5) is 0 Å². The van der Waals surface area contributed by atoms with E-state index in [1.807, 2.05) is 61.5 Å². The molecule has 1 aromatic heterocycles. The van der Waals surface area contributed by atoms with Crippen molar-refractivity contribution >= 4 is 45.2 Å². The molecule has 26 heavy (non-hydrogen) atoms. The third-order valence-electron chi connectivity index (χ3n) is 3.63. The summed E-state index contributed by atoms with van der Waals surface area (Å²) in [6.45, 7) is 1.61. The van der Waals surface area contributed by atoms with E-state index < -0.39 is 5.97 Å². The molecule has 0 fully saturated rings. The Labute approximate surface area is 159 Å². The maximum atomic E-state index is 11.9. The van der Waals surface area contributed by atoms with Crippen molar-refractivity contribution in [1.29, 1.82) is 0 Å². The van der Waals surface area contributed by atoms with Crippen molar-refractivity contribution in [3.63, 3.8) is 0 Å². The number of ether oxygens (including phenoxy) is 1. The Bertz CT molecular complexity index is 863. The molecule has 0 bridgehead atoms. The number of esters is 1. The molecular weight excluding hydrogens is 368 g/mol. The molecule has 0 aliphatic rings. The largest absolute Gasteiger partial charge is 0.455 e. The van der Waals surface area contributed by atoms with Crippen LogP contribution >= 0.6 is 23.1 Å². The van der Waals surface area contributed by atoms with E-state index in [9.17, 15) is 9.59 Å². The molecule has 5 nitrogen and oxygen atoms in total. The van der Waals surface area contributed by atoms with E-state index in [-0.39, 0.29) is 24.3 Å². The average Bonchev–Trinajstić information content (AvgIpc) is 3.08. The Morgan fingerprint density at radius 1 is 1.15 bits per heavy atom. The van der Waals surface area contributed by atoms with E-state index >= 15 is 0 Å². The first-order valence-electron chi connectivity index (χ1n) is 8.10. The number of aromatic nitrogens is 1. The molecule has 1 unspecified atom stereocenters. The Morgan fingerprint density at radius 2 is 1.88 bits per heavy atom. The van der Waals surface area contributed by atoms with Crippen molar-refractivity contribution in [2.45, 2.75) is 17.3 Å². The normalized spacial score (nSPS) is 11.9. The van der Waals surface area contributed by atoms with Gasteiger partial charge >= 0.3 is 5.97 Å². The van der Waals surface area contributed by atoms with Gasteiger partial charge in [0.1, 0.15) is 0 Å². The highest BCUT2D eigenvalue weighted by Gasteiger charge is 2.13. The molecular formula is C19H18N2O3S2. The second-order valence-electron chi connectivity index (χ2n) is 5.60. The molecule has 0 aliphatic heterocycles. The van der Waals surface area contributed by atoms with Gasteiger partial charge in [0.2, 0.25) is 0 Å². The van der Waals surface area contributed by atoms with Gasteiger partial charge in [0, 0.05) is 0 Å². The monoisotopic (exact) mass is 386 g/mol. The Morgan fingerprint density at radius 3 is 2.65 bits per heavy atom. The minimum absolute atomic E-state index is 0.126. The Balaban J connectivity index is 1.41. The summed E-state index contributed by atoms with van der Waals surface area (Å²) in [5.74, 6) is -0.627. The number of hydrogen-bond donors (Lipinski definition) is 1. The summed E-state index contributed by atoms with van der Waals surface area (Å²) in [6.07, 6.45) is 0. The maximum absolute atomic E-state index is 11.9. The van der Waals surface area contributed by atoms with Gasteiger partial charge in [0.25, 0.3) is 5.91 Å². The first-order chi connectivity index (χ1) is 12.6. The summed E-state index contributed by atoms with van der Waals surface area (Å²) in [4.78, 5) is 28.2. The third-order valence-corrected chi connectivity index (χ3v) is 5.78. The highest BCUT2D eigenvalue weighted by Crippen LogP contribution is 2.29. The molecule has 7 heteroatoms. The summed E-state index contributed by atoms with van der Waals surface area (Å²) in [7, 11) is 0. The van der Waals surface area contributed by atoms with Crippen LogP contribution in [0.15, 0.2) is 58.9 Å². The molecule has 0 radical (unpaired) electrons. The fraction of sp³-hybridized carbons (Fsp3) is 0.211. The standard InChI is InChI=1S/C19H18N2O3S2/c1-13(14-7-3-2-4-8-14)20-17(22)11-24-18(23)12-25-19-21-15-9-5-6-10-16(15)26-19/h2-10,13H,11-12H2,1H3,(H,20,22). The van der Waals surface area contributed by atoms with Crippen LogP contribution in [0.25, 0.3) is 10.2 Å². The first kappa shape index (κ1) is 18.4. The predicted molar refractivity (Wildman–Crippen MR) is 104 cm³/mol. The van der Waals surface area contributed by atoms with Gasteiger partial charge in [0.05, 0.1) is 22.0 Å². The minimum Gasteiger partial charge on any atom is -0.455 e. The second kappa shape index (κ2) is 8.82. The summed E-state index contributed by atoms with van der Waals surface area (Å²) >= 11 is 2.85. The average molecular weight is 386 g/mol. The Hall–Kier alpha value is -2.38. The number of nitrogens with one attached hydrogen (secondary N) is 1. The number of carbonyl (C=O) groups excluding carboxylic acids is 2. The molecule has 1 atom stereocenters. The van der Waals surface area contributed by atoms with Gasteiger partial charge in [-0.2, -0.15) is 0 Å². The molecule has 0 saturated carbocycles. The number of benzene rings is 2. The molecule has 0 saturated heterocycles. The van der Waals surface area contributed by atoms with Crippen LogP contribution in [-0.4, -0.2) is 29.2 Å². The number of thiazole rings is 1. The number of rotatable bonds is 7. The topological polar surface area (TPSA) is 68.3 Å². The zero-order chi connectivity index (χ0) is 18.4. The lowest BCUT2D eigenvalue weighted by molar-refractivity contribution is -0.146. The van der Waals surface area contributed by atoms with E-state index in [0.717, 1.165) is 20.1 Å². The van der Waals surface area contributed by atoms with Crippen molar-refractivity contribution in [3.05, 3.63) is 60.2 Å². The summed E-state index contributed by atoms with van der Waals surface area (Å²) in [5, 5.41) is 2.81.